The van der Waals surface area contributed by atoms with Crippen molar-refractivity contribution in [1.29, 1.82) is 0 Å². The van der Waals surface area contributed by atoms with Crippen molar-refractivity contribution in [2.24, 2.45) is 14.1 Å². The van der Waals surface area contributed by atoms with Crippen LogP contribution in [0.2, 0.25) is 0 Å². The van der Waals surface area contributed by atoms with Gasteiger partial charge in [0.05, 0.1) is 17.8 Å². The molecule has 27 heavy (non-hydrogen) atoms. The molecule has 0 amide bonds. The third kappa shape index (κ3) is 4.11. The van der Waals surface area contributed by atoms with Gasteiger partial charge < -0.3 is 28.9 Å². The lowest BCUT2D eigenvalue weighted by Gasteiger charge is -2.38. The number of ether oxygens (including phenoxy) is 1. The number of nitrogens with zero attached hydrogens (tertiary/aromatic N) is 2. The van der Waals surface area contributed by atoms with E-state index in [1.807, 2.05) is 0 Å². The minimum Gasteiger partial charge on any atom is -0.387 e. The number of hydrogen-bond acceptors (Lipinski definition) is 7. The summed E-state index contributed by atoms with van der Waals surface area (Å²) in [7, 11) is -0.486. The van der Waals surface area contributed by atoms with E-state index in [0.717, 1.165) is 4.57 Å². The van der Waals surface area contributed by atoms with Crippen LogP contribution >= 0.6 is 8.25 Å². The van der Waals surface area contributed by atoms with E-state index in [-0.39, 0.29) is 18.6 Å². The Balaban J connectivity index is 2.38. The number of aliphatic hydroxyl groups is 2. The van der Waals surface area contributed by atoms with Gasteiger partial charge in [-0.05, 0) is 12.8 Å². The van der Waals surface area contributed by atoms with Gasteiger partial charge >= 0.3 is 13.9 Å². The predicted molar refractivity (Wildman–Crippen MR) is 96.8 cm³/mol. The Labute approximate surface area is 156 Å². The summed E-state index contributed by atoms with van der Waals surface area (Å²) < 4.78 is 24.0. The zero-order chi connectivity index (χ0) is 20.6. The van der Waals surface area contributed by atoms with Gasteiger partial charge in [0.2, 0.25) is 0 Å². The molecule has 3 N–H and O–H groups in total. The van der Waals surface area contributed by atoms with Gasteiger partial charge in [0.15, 0.2) is 0 Å². The van der Waals surface area contributed by atoms with E-state index < -0.39 is 42.9 Å². The number of aliphatic hydroxyl groups excluding tert-OH is 1. The highest BCUT2D eigenvalue weighted by Gasteiger charge is 2.53. The quantitative estimate of drug-likeness (QED) is 0.520. The van der Waals surface area contributed by atoms with Crippen LogP contribution in [0.5, 0.6) is 0 Å². The molecule has 1 aliphatic heterocycles. The minimum atomic E-state index is -3.26. The number of rotatable bonds is 7. The van der Waals surface area contributed by atoms with Gasteiger partial charge in [-0.2, -0.15) is 0 Å². The smallest absolute Gasteiger partial charge is 0.330 e. The summed E-state index contributed by atoms with van der Waals surface area (Å²) in [5.74, 6) is 0. The molecule has 0 spiro atoms. The Morgan fingerprint density at radius 2 is 1.96 bits per heavy atom. The van der Waals surface area contributed by atoms with E-state index in [1.165, 1.54) is 24.9 Å². The SMILES string of the molecule is CCC(CC)(C[C@@]1(O)COC(c2cn(C)c(=O)n(C)c2=O)[C@@H]1O)O[PH](=O)O. The number of aryl methyl sites for hydroxylation is 1. The molecule has 2 rings (SSSR count). The molecule has 1 fully saturated rings. The van der Waals surface area contributed by atoms with Crippen LogP contribution in [0.3, 0.4) is 0 Å². The standard InChI is InChI=1S/C16H27N2O8P/c1-5-15(6-2,26-27(23)24)8-16(22)9-25-11(12(16)19)10-7-17(3)14(21)18(4)13(10)20/h7,11-12,19,22,27H,5-6,8-9H2,1-4H3,(H,23,24)/t11?,12-,16+/m0/s1. The highest BCUT2D eigenvalue weighted by molar-refractivity contribution is 7.32. The Morgan fingerprint density at radius 3 is 2.48 bits per heavy atom. The monoisotopic (exact) mass is 406 g/mol. The average Bonchev–Trinajstić information content (AvgIpc) is 2.90. The van der Waals surface area contributed by atoms with Crippen LogP contribution in [0.1, 0.15) is 44.8 Å². The normalized spacial score (nSPS) is 27.1. The Hall–Kier alpha value is -1.29. The van der Waals surface area contributed by atoms with Crippen molar-refractivity contribution in [3.63, 3.8) is 0 Å². The fraction of sp³-hybridized carbons (Fsp3) is 0.750. The molecular formula is C16H27N2O8P. The van der Waals surface area contributed by atoms with Crippen LogP contribution in [-0.4, -0.2) is 48.2 Å². The van der Waals surface area contributed by atoms with Crippen LogP contribution < -0.4 is 11.2 Å². The Bertz CT molecular complexity index is 831. The highest BCUT2D eigenvalue weighted by atomic mass is 31.1. The lowest BCUT2D eigenvalue weighted by atomic mass is 9.80. The van der Waals surface area contributed by atoms with Crippen LogP contribution in [0.25, 0.3) is 0 Å². The summed E-state index contributed by atoms with van der Waals surface area (Å²) in [4.78, 5) is 33.4. The molecule has 1 aromatic rings. The first-order chi connectivity index (χ1) is 12.5. The summed E-state index contributed by atoms with van der Waals surface area (Å²) in [6.45, 7) is 3.21. The first kappa shape index (κ1) is 22.0. The van der Waals surface area contributed by atoms with Crippen molar-refractivity contribution in [1.82, 2.24) is 9.13 Å². The van der Waals surface area contributed by atoms with Crippen molar-refractivity contribution >= 4 is 8.25 Å². The van der Waals surface area contributed by atoms with Crippen molar-refractivity contribution in [2.45, 2.75) is 56.5 Å². The van der Waals surface area contributed by atoms with Crippen molar-refractivity contribution in [3.05, 3.63) is 32.6 Å². The summed E-state index contributed by atoms with van der Waals surface area (Å²) in [6.07, 6.45) is -0.819. The summed E-state index contributed by atoms with van der Waals surface area (Å²) in [5, 5.41) is 21.7. The zero-order valence-electron chi connectivity index (χ0n) is 15.8. The largest absolute Gasteiger partial charge is 0.387 e. The van der Waals surface area contributed by atoms with E-state index in [1.54, 1.807) is 13.8 Å². The molecule has 0 aliphatic carbocycles. The van der Waals surface area contributed by atoms with Crippen LogP contribution in [0.15, 0.2) is 15.8 Å². The highest BCUT2D eigenvalue weighted by Crippen LogP contribution is 2.44. The maximum Gasteiger partial charge on any atom is 0.330 e. The molecule has 10 nitrogen and oxygen atoms in total. The average molecular weight is 406 g/mol. The second-order valence-electron chi connectivity index (χ2n) is 7.06. The molecule has 11 heteroatoms. The van der Waals surface area contributed by atoms with Gasteiger partial charge in [-0.3, -0.25) is 13.9 Å². The minimum absolute atomic E-state index is 0.0401. The van der Waals surface area contributed by atoms with E-state index in [9.17, 15) is 29.3 Å². The second-order valence-corrected chi connectivity index (χ2v) is 7.79. The maximum atomic E-state index is 12.4. The molecule has 1 saturated heterocycles. The summed E-state index contributed by atoms with van der Waals surface area (Å²) in [5.41, 5.74) is -4.01. The van der Waals surface area contributed by atoms with Crippen LogP contribution in [0.4, 0.5) is 0 Å². The third-order valence-corrected chi connectivity index (χ3v) is 5.96. The van der Waals surface area contributed by atoms with Crippen molar-refractivity contribution < 1.29 is 28.9 Å². The predicted octanol–water partition coefficient (Wildman–Crippen LogP) is -0.405. The maximum absolute atomic E-state index is 12.4. The van der Waals surface area contributed by atoms with Gasteiger partial charge in [0.1, 0.15) is 17.8 Å². The lowest BCUT2D eigenvalue weighted by molar-refractivity contribution is -0.102. The fourth-order valence-corrected chi connectivity index (χ4v) is 4.29. The molecular weight excluding hydrogens is 379 g/mol. The molecule has 1 aromatic heterocycles. The molecule has 2 heterocycles. The molecule has 0 bridgehead atoms. The first-order valence-electron chi connectivity index (χ1n) is 8.71. The number of hydrogen-bond donors (Lipinski definition) is 3. The van der Waals surface area contributed by atoms with Crippen LogP contribution in [-0.2, 0) is 27.9 Å². The zero-order valence-corrected chi connectivity index (χ0v) is 16.8. The van der Waals surface area contributed by atoms with Crippen LogP contribution in [0, 0.1) is 0 Å². The topological polar surface area (TPSA) is 140 Å². The molecule has 1 aliphatic rings. The third-order valence-electron chi connectivity index (χ3n) is 5.35. The summed E-state index contributed by atoms with van der Waals surface area (Å²) >= 11 is 0. The van der Waals surface area contributed by atoms with E-state index in [4.69, 9.17) is 9.26 Å². The number of aromatic nitrogens is 2. The Morgan fingerprint density at radius 1 is 1.37 bits per heavy atom. The molecule has 4 atom stereocenters. The molecule has 0 radical (unpaired) electrons. The van der Waals surface area contributed by atoms with Gasteiger partial charge in [0, 0.05) is 26.7 Å². The van der Waals surface area contributed by atoms with Crippen molar-refractivity contribution in [2.75, 3.05) is 6.61 Å². The molecule has 2 unspecified atom stereocenters. The summed E-state index contributed by atoms with van der Waals surface area (Å²) in [6, 6.07) is 0. The molecule has 0 aromatic carbocycles. The van der Waals surface area contributed by atoms with Gasteiger partial charge in [-0.1, -0.05) is 13.8 Å². The van der Waals surface area contributed by atoms with E-state index in [0.29, 0.717) is 12.8 Å². The molecule has 154 valence electrons. The van der Waals surface area contributed by atoms with E-state index in [2.05, 4.69) is 0 Å². The lowest BCUT2D eigenvalue weighted by Crippen LogP contribution is -2.50. The van der Waals surface area contributed by atoms with Crippen molar-refractivity contribution in [3.8, 4) is 0 Å². The molecule has 0 saturated carbocycles. The first-order valence-corrected chi connectivity index (χ1v) is 9.97. The Kier molecular flexibility index (Phi) is 6.51. The fourth-order valence-electron chi connectivity index (χ4n) is 3.56. The van der Waals surface area contributed by atoms with Gasteiger partial charge in [0.25, 0.3) is 5.56 Å². The van der Waals surface area contributed by atoms with Gasteiger partial charge in [-0.15, -0.1) is 0 Å². The van der Waals surface area contributed by atoms with E-state index >= 15 is 0 Å². The van der Waals surface area contributed by atoms with Gasteiger partial charge in [-0.25, -0.2) is 4.79 Å². The second kappa shape index (κ2) is 7.98.